The highest BCUT2D eigenvalue weighted by Gasteiger charge is 2.97. The molecule has 0 aromatic heterocycles. The fourth-order valence-electron chi connectivity index (χ4n) is 2.07. The fourth-order valence-corrected chi connectivity index (χ4v) is 2.07. The Hall–Kier alpha value is -1.51. The fraction of sp³-hybridized carbons (Fsp3) is 1.00. The first-order chi connectivity index (χ1) is 14.8. The van der Waals surface area contributed by atoms with Gasteiger partial charge < -0.3 is 5.73 Å². The van der Waals surface area contributed by atoms with Gasteiger partial charge in [0.05, 0.1) is 0 Å². The van der Waals surface area contributed by atoms with E-state index in [0.717, 1.165) is 0 Å². The average Bonchev–Trinajstić information content (AvgIpc) is 2.64. The summed E-state index contributed by atoms with van der Waals surface area (Å²) in [7, 11) is 0. The van der Waals surface area contributed by atoms with E-state index < -0.39 is 78.9 Å². The molecule has 0 spiro atoms. The summed E-state index contributed by atoms with van der Waals surface area (Å²) in [5, 5.41) is 0. The van der Waals surface area contributed by atoms with Crippen molar-refractivity contribution in [3.63, 3.8) is 0 Å². The van der Waals surface area contributed by atoms with Gasteiger partial charge in [0.25, 0.3) is 0 Å². The van der Waals surface area contributed by atoms with Gasteiger partial charge in [-0.1, -0.05) is 0 Å². The largest absolute Gasteiger partial charge is 0.460 e. The molecule has 0 saturated heterocycles. The molecule has 0 aromatic carbocycles. The van der Waals surface area contributed by atoms with Crippen LogP contribution >= 0.6 is 0 Å². The summed E-state index contributed by atoms with van der Waals surface area (Å²) in [6.07, 6.45) is -12.1. The van der Waals surface area contributed by atoms with Crippen LogP contribution < -0.4 is 5.73 Å². The first kappa shape index (κ1) is 33.5. The first-order valence-corrected chi connectivity index (χ1v) is 7.98. The average molecular weight is 577 g/mol. The van der Waals surface area contributed by atoms with E-state index in [1.165, 1.54) is 0 Å². The Morgan fingerprint density at radius 1 is 0.343 bits per heavy atom. The van der Waals surface area contributed by atoms with Crippen LogP contribution in [0.3, 0.4) is 0 Å². The predicted octanol–water partition coefficient (Wildman–Crippen LogP) is 7.01. The monoisotopic (exact) mass is 577 g/mol. The maximum Gasteiger partial charge on any atom is 0.460 e. The van der Waals surface area contributed by atoms with Crippen molar-refractivity contribution in [1.82, 2.24) is 0 Å². The lowest BCUT2D eigenvalue weighted by molar-refractivity contribution is -0.474. The molecule has 22 heteroatoms. The third-order valence-electron chi connectivity index (χ3n) is 4.27. The van der Waals surface area contributed by atoms with Crippen molar-refractivity contribution < 1.29 is 92.2 Å². The third kappa shape index (κ3) is 4.23. The molecule has 0 radical (unpaired) electrons. The number of rotatable bonds is 11. The van der Waals surface area contributed by atoms with Gasteiger partial charge in [0.2, 0.25) is 0 Å². The molecule has 0 rings (SSSR count). The Balaban J connectivity index is 6.97. The molecule has 0 aromatic rings. The Labute approximate surface area is 178 Å². The molecule has 2 N–H and O–H groups in total. The number of hydrogen-bond donors (Lipinski definition) is 1. The van der Waals surface area contributed by atoms with Crippen molar-refractivity contribution in [2.75, 3.05) is 6.54 Å². The normalized spacial score (nSPS) is 16.6. The van der Waals surface area contributed by atoms with E-state index in [-0.39, 0.29) is 0 Å². The van der Waals surface area contributed by atoms with Gasteiger partial charge in [-0.2, -0.15) is 92.2 Å². The van der Waals surface area contributed by atoms with E-state index >= 15 is 0 Å². The van der Waals surface area contributed by atoms with Crippen molar-refractivity contribution in [1.29, 1.82) is 0 Å². The van der Waals surface area contributed by atoms with Crippen molar-refractivity contribution in [2.45, 2.75) is 72.3 Å². The molecule has 1 nitrogen and oxygen atoms in total. The second-order valence-corrected chi connectivity index (χ2v) is 6.69. The smallest absolute Gasteiger partial charge is 0.330 e. The minimum Gasteiger partial charge on any atom is -0.330 e. The van der Waals surface area contributed by atoms with Crippen LogP contribution in [0, 0.1) is 0 Å². The molecule has 0 aliphatic heterocycles. The lowest BCUT2D eigenvalue weighted by Crippen LogP contribution is -2.76. The summed E-state index contributed by atoms with van der Waals surface area (Å²) >= 11 is 0. The topological polar surface area (TPSA) is 26.0 Å². The Morgan fingerprint density at radius 3 is 0.800 bits per heavy atom. The highest BCUT2D eigenvalue weighted by atomic mass is 19.4. The molecule has 0 amide bonds. The van der Waals surface area contributed by atoms with Gasteiger partial charge in [0.1, 0.15) is 0 Å². The van der Waals surface area contributed by atoms with Gasteiger partial charge in [-0.15, -0.1) is 0 Å². The zero-order valence-electron chi connectivity index (χ0n) is 15.6. The Bertz CT molecular complexity index is 747. The molecule has 0 aliphatic carbocycles. The second kappa shape index (κ2) is 8.52. The standard InChI is InChI=1S/C13H8F21N/c14-4(15,2-1-3-35)5(16,17)6(18,19)7(20,21)8(22,23)9(24,25)10(26,27)11(28,29)12(30,31)13(32,33)34/h1-3,35H2. The minimum atomic E-state index is -9.15. The summed E-state index contributed by atoms with van der Waals surface area (Å²) in [5.74, 6) is -76.5. The molecule has 0 fully saturated rings. The lowest BCUT2D eigenvalue weighted by atomic mass is 9.85. The quantitative estimate of drug-likeness (QED) is 0.263. The van der Waals surface area contributed by atoms with Crippen molar-refractivity contribution in [3.8, 4) is 0 Å². The van der Waals surface area contributed by atoms with Crippen LogP contribution in [0.2, 0.25) is 0 Å². The number of hydrogen-bond acceptors (Lipinski definition) is 1. The number of alkyl halides is 21. The molecule has 35 heavy (non-hydrogen) atoms. The summed E-state index contributed by atoms with van der Waals surface area (Å²) in [6, 6.07) is 0. The second-order valence-electron chi connectivity index (χ2n) is 6.69. The molecular weight excluding hydrogens is 569 g/mol. The summed E-state index contributed by atoms with van der Waals surface area (Å²) < 4.78 is 274. The molecule has 0 aliphatic rings. The SMILES string of the molecule is NCCCC(F)(F)C(F)(F)C(F)(F)C(F)(F)C(F)(F)C(F)(F)C(F)(F)C(F)(F)C(F)(F)C(F)(F)F. The Morgan fingerprint density at radius 2 is 0.571 bits per heavy atom. The third-order valence-corrected chi connectivity index (χ3v) is 4.27. The van der Waals surface area contributed by atoms with Crippen LogP contribution in [0.4, 0.5) is 92.2 Å². The number of halogens is 21. The van der Waals surface area contributed by atoms with Gasteiger partial charge in [0.15, 0.2) is 0 Å². The molecule has 0 heterocycles. The summed E-state index contributed by atoms with van der Waals surface area (Å²) in [5.41, 5.74) is 4.53. The van der Waals surface area contributed by atoms with Gasteiger partial charge in [-0.05, 0) is 13.0 Å². The molecular formula is C13H8F21N. The van der Waals surface area contributed by atoms with Crippen LogP contribution in [-0.4, -0.2) is 66.0 Å². The molecule has 0 bridgehead atoms. The zero-order chi connectivity index (χ0) is 29.1. The van der Waals surface area contributed by atoms with E-state index in [0.29, 0.717) is 0 Å². The van der Waals surface area contributed by atoms with Gasteiger partial charge in [0, 0.05) is 6.42 Å². The summed E-state index contributed by atoms with van der Waals surface area (Å²) in [6.45, 7) is -1.09. The predicted molar refractivity (Wildman–Crippen MR) is 68.9 cm³/mol. The van der Waals surface area contributed by atoms with Gasteiger partial charge in [-0.25, -0.2) is 0 Å². The van der Waals surface area contributed by atoms with E-state index in [2.05, 4.69) is 5.73 Å². The van der Waals surface area contributed by atoms with Crippen molar-refractivity contribution >= 4 is 0 Å². The van der Waals surface area contributed by atoms with E-state index in [1.54, 1.807) is 0 Å². The van der Waals surface area contributed by atoms with Crippen LogP contribution in [0.15, 0.2) is 0 Å². The molecule has 0 atom stereocenters. The molecule has 0 saturated carbocycles. The van der Waals surface area contributed by atoms with E-state index in [4.69, 9.17) is 0 Å². The van der Waals surface area contributed by atoms with Crippen molar-refractivity contribution in [3.05, 3.63) is 0 Å². The maximum absolute atomic E-state index is 13.5. The lowest BCUT2D eigenvalue weighted by Gasteiger charge is -2.44. The van der Waals surface area contributed by atoms with Crippen LogP contribution in [0.25, 0.3) is 0 Å². The molecule has 212 valence electrons. The summed E-state index contributed by atoms with van der Waals surface area (Å²) in [4.78, 5) is 0. The highest BCUT2D eigenvalue weighted by Crippen LogP contribution is 2.66. The van der Waals surface area contributed by atoms with Crippen LogP contribution in [0.5, 0.6) is 0 Å². The van der Waals surface area contributed by atoms with Crippen LogP contribution in [-0.2, 0) is 0 Å². The van der Waals surface area contributed by atoms with Gasteiger partial charge >= 0.3 is 59.5 Å². The van der Waals surface area contributed by atoms with Crippen molar-refractivity contribution in [2.24, 2.45) is 5.73 Å². The first-order valence-electron chi connectivity index (χ1n) is 7.98. The number of nitrogens with two attached hydrogens (primary N) is 1. The van der Waals surface area contributed by atoms with Crippen LogP contribution in [0.1, 0.15) is 12.8 Å². The van der Waals surface area contributed by atoms with Gasteiger partial charge in [-0.3, -0.25) is 0 Å². The zero-order valence-corrected chi connectivity index (χ0v) is 15.6. The highest BCUT2D eigenvalue weighted by molar-refractivity contribution is 5.17. The Kier molecular flexibility index (Phi) is 8.15. The maximum atomic E-state index is 13.5. The molecule has 0 unspecified atom stereocenters. The minimum absolute atomic E-state index is 1.09. The van der Waals surface area contributed by atoms with E-state index in [1.807, 2.05) is 0 Å². The van der Waals surface area contributed by atoms with E-state index in [9.17, 15) is 92.2 Å².